The van der Waals surface area contributed by atoms with Crippen LogP contribution in [-0.2, 0) is 4.74 Å². The molecule has 1 saturated carbocycles. The van der Waals surface area contributed by atoms with Gasteiger partial charge in [-0.15, -0.1) is 0 Å². The van der Waals surface area contributed by atoms with Gasteiger partial charge < -0.3 is 9.84 Å². The molecule has 0 amide bonds. The summed E-state index contributed by atoms with van der Waals surface area (Å²) in [6.45, 7) is 0.974. The van der Waals surface area contributed by atoms with Crippen molar-refractivity contribution < 1.29 is 9.84 Å². The van der Waals surface area contributed by atoms with Crippen molar-refractivity contribution in [2.45, 2.75) is 48.6 Å². The molecule has 1 aromatic carbocycles. The predicted molar refractivity (Wildman–Crippen MR) is 89.3 cm³/mol. The van der Waals surface area contributed by atoms with Crippen molar-refractivity contribution >= 4 is 22.6 Å². The van der Waals surface area contributed by atoms with Gasteiger partial charge in [-0.3, -0.25) is 0 Å². The lowest BCUT2D eigenvalue weighted by atomic mass is 9.72. The standard InChI is InChI=1S/C17H23IO2/c18-17-10-7-15(11-20-17)14-3-1-12(2-4-14)13-5-8-16(19)9-6-13/h5-6,8-9,12,14-15,17,19H,1-4,7,10-11H2. The maximum Gasteiger partial charge on any atom is 0.115 e. The summed E-state index contributed by atoms with van der Waals surface area (Å²) in [5.74, 6) is 2.72. The third-order valence-corrected chi connectivity index (χ3v) is 6.04. The third-order valence-electron chi connectivity index (χ3n) is 5.06. The summed E-state index contributed by atoms with van der Waals surface area (Å²) in [6, 6.07) is 7.81. The van der Waals surface area contributed by atoms with Gasteiger partial charge >= 0.3 is 0 Å². The molecule has 1 saturated heterocycles. The van der Waals surface area contributed by atoms with Crippen LogP contribution in [-0.4, -0.2) is 15.8 Å². The highest BCUT2D eigenvalue weighted by Crippen LogP contribution is 2.41. The van der Waals surface area contributed by atoms with Crippen LogP contribution < -0.4 is 0 Å². The van der Waals surface area contributed by atoms with Crippen LogP contribution in [0.1, 0.15) is 50.0 Å². The molecule has 0 spiro atoms. The average molecular weight is 386 g/mol. The fraction of sp³-hybridized carbons (Fsp3) is 0.647. The van der Waals surface area contributed by atoms with Gasteiger partial charge in [0.15, 0.2) is 0 Å². The molecule has 0 radical (unpaired) electrons. The van der Waals surface area contributed by atoms with E-state index in [4.69, 9.17) is 4.74 Å². The number of halogens is 1. The van der Waals surface area contributed by atoms with Gasteiger partial charge in [0.1, 0.15) is 9.86 Å². The Morgan fingerprint density at radius 1 is 0.900 bits per heavy atom. The molecule has 20 heavy (non-hydrogen) atoms. The first-order valence-corrected chi connectivity index (χ1v) is 9.01. The number of hydrogen-bond acceptors (Lipinski definition) is 2. The Hall–Kier alpha value is -0.290. The Balaban J connectivity index is 1.53. The number of hydrogen-bond donors (Lipinski definition) is 1. The molecule has 0 aromatic heterocycles. The minimum Gasteiger partial charge on any atom is -0.508 e. The number of aromatic hydroxyl groups is 1. The predicted octanol–water partition coefficient (Wildman–Crippen LogP) is 4.85. The van der Waals surface area contributed by atoms with Gasteiger partial charge in [0, 0.05) is 0 Å². The SMILES string of the molecule is Oc1ccc(C2CCC(C3CCC(I)OC3)CC2)cc1. The van der Waals surface area contributed by atoms with Gasteiger partial charge in [-0.05, 0) is 74.0 Å². The lowest BCUT2D eigenvalue weighted by Gasteiger charge is -2.37. The molecular weight excluding hydrogens is 363 g/mol. The largest absolute Gasteiger partial charge is 0.508 e. The molecular formula is C17H23IO2. The van der Waals surface area contributed by atoms with Crippen LogP contribution in [0.15, 0.2) is 24.3 Å². The second-order valence-corrected chi connectivity index (χ2v) is 7.67. The minimum absolute atomic E-state index is 0.371. The Bertz CT molecular complexity index is 415. The highest BCUT2D eigenvalue weighted by Gasteiger charge is 2.31. The summed E-state index contributed by atoms with van der Waals surface area (Å²) >= 11 is 2.41. The van der Waals surface area contributed by atoms with Crippen molar-refractivity contribution in [1.29, 1.82) is 0 Å². The summed E-state index contributed by atoms with van der Waals surface area (Å²) < 4.78 is 6.27. The zero-order valence-corrected chi connectivity index (χ0v) is 14.0. The molecule has 2 aliphatic rings. The first kappa shape index (κ1) is 14.6. The van der Waals surface area contributed by atoms with Gasteiger partial charge in [0.25, 0.3) is 0 Å². The Morgan fingerprint density at radius 3 is 2.15 bits per heavy atom. The zero-order chi connectivity index (χ0) is 13.9. The van der Waals surface area contributed by atoms with E-state index in [-0.39, 0.29) is 0 Å². The normalized spacial score (nSPS) is 34.9. The second-order valence-electron chi connectivity index (χ2n) is 6.28. The lowest BCUT2D eigenvalue weighted by molar-refractivity contribution is 0.0115. The van der Waals surface area contributed by atoms with Crippen LogP contribution in [0.25, 0.3) is 0 Å². The zero-order valence-electron chi connectivity index (χ0n) is 11.8. The van der Waals surface area contributed by atoms with Crippen molar-refractivity contribution in [3.63, 3.8) is 0 Å². The van der Waals surface area contributed by atoms with E-state index in [1.807, 2.05) is 12.1 Å². The minimum atomic E-state index is 0.371. The van der Waals surface area contributed by atoms with E-state index in [1.54, 1.807) is 0 Å². The van der Waals surface area contributed by atoms with Gasteiger partial charge in [0.2, 0.25) is 0 Å². The van der Waals surface area contributed by atoms with Gasteiger partial charge in [-0.2, -0.15) is 0 Å². The maximum atomic E-state index is 9.37. The molecule has 2 atom stereocenters. The number of rotatable bonds is 2. The number of alkyl halides is 1. The number of phenols is 1. The maximum absolute atomic E-state index is 9.37. The molecule has 1 N–H and O–H groups in total. The first-order valence-electron chi connectivity index (χ1n) is 7.77. The summed E-state index contributed by atoms with van der Waals surface area (Å²) in [5, 5.41) is 9.37. The van der Waals surface area contributed by atoms with E-state index >= 15 is 0 Å². The first-order chi connectivity index (χ1) is 9.72. The molecule has 2 fully saturated rings. The van der Waals surface area contributed by atoms with Crippen molar-refractivity contribution in [3.05, 3.63) is 29.8 Å². The summed E-state index contributed by atoms with van der Waals surface area (Å²) in [6.07, 6.45) is 7.83. The fourth-order valence-corrected chi connectivity index (χ4v) is 4.35. The lowest BCUT2D eigenvalue weighted by Crippen LogP contribution is -2.30. The molecule has 0 bridgehead atoms. The second kappa shape index (κ2) is 6.65. The van der Waals surface area contributed by atoms with Gasteiger partial charge in [0.05, 0.1) is 6.61 Å². The Morgan fingerprint density at radius 2 is 1.55 bits per heavy atom. The highest BCUT2D eigenvalue weighted by molar-refractivity contribution is 14.1. The van der Waals surface area contributed by atoms with Crippen molar-refractivity contribution in [1.82, 2.24) is 0 Å². The molecule has 3 heteroatoms. The van der Waals surface area contributed by atoms with Crippen LogP contribution in [0.5, 0.6) is 5.75 Å². The van der Waals surface area contributed by atoms with E-state index in [2.05, 4.69) is 34.7 Å². The van der Waals surface area contributed by atoms with Gasteiger partial charge in [-0.25, -0.2) is 0 Å². The van der Waals surface area contributed by atoms with Gasteiger partial charge in [-0.1, -0.05) is 34.7 Å². The monoisotopic (exact) mass is 386 g/mol. The molecule has 1 aliphatic heterocycles. The van der Waals surface area contributed by atoms with Crippen LogP contribution in [0.3, 0.4) is 0 Å². The average Bonchev–Trinajstić information content (AvgIpc) is 2.49. The van der Waals surface area contributed by atoms with E-state index in [1.165, 1.54) is 44.1 Å². The Kier molecular flexibility index (Phi) is 4.87. The van der Waals surface area contributed by atoms with Crippen LogP contribution in [0.4, 0.5) is 0 Å². The van der Waals surface area contributed by atoms with E-state index in [9.17, 15) is 5.11 Å². The van der Waals surface area contributed by atoms with Crippen LogP contribution >= 0.6 is 22.6 Å². The van der Waals surface area contributed by atoms with E-state index < -0.39 is 0 Å². The summed E-state index contributed by atoms with van der Waals surface area (Å²) in [4.78, 5) is 0. The molecule has 2 unspecified atom stereocenters. The Labute approximate surface area is 135 Å². The van der Waals surface area contributed by atoms with E-state index in [0.717, 1.165) is 18.4 Å². The highest BCUT2D eigenvalue weighted by atomic mass is 127. The van der Waals surface area contributed by atoms with Crippen LogP contribution in [0.2, 0.25) is 0 Å². The van der Waals surface area contributed by atoms with Crippen molar-refractivity contribution in [3.8, 4) is 5.75 Å². The summed E-state index contributed by atoms with van der Waals surface area (Å²) in [7, 11) is 0. The summed E-state index contributed by atoms with van der Waals surface area (Å²) in [5.41, 5.74) is 1.40. The van der Waals surface area contributed by atoms with Crippen molar-refractivity contribution in [2.24, 2.45) is 11.8 Å². The molecule has 2 nitrogen and oxygen atoms in total. The molecule has 1 aliphatic carbocycles. The molecule has 1 heterocycles. The smallest absolute Gasteiger partial charge is 0.115 e. The van der Waals surface area contributed by atoms with Crippen LogP contribution in [0, 0.1) is 11.8 Å². The quantitative estimate of drug-likeness (QED) is 0.582. The number of benzene rings is 1. The molecule has 3 rings (SSSR count). The number of ether oxygens (including phenoxy) is 1. The fourth-order valence-electron chi connectivity index (χ4n) is 3.78. The van der Waals surface area contributed by atoms with Crippen molar-refractivity contribution in [2.75, 3.05) is 6.61 Å². The third kappa shape index (κ3) is 3.48. The molecule has 1 aromatic rings. The number of phenolic OH excluding ortho intramolecular Hbond substituents is 1. The molecule has 110 valence electrons. The topological polar surface area (TPSA) is 29.5 Å². The van der Waals surface area contributed by atoms with E-state index in [0.29, 0.717) is 15.8 Å².